The number of aliphatic carboxylic acids is 1. The molecule has 1 aromatic carbocycles. The van der Waals surface area contributed by atoms with Crippen LogP contribution >= 0.6 is 15.9 Å². The van der Waals surface area contributed by atoms with Crippen LogP contribution in [0.2, 0.25) is 0 Å². The van der Waals surface area contributed by atoms with Crippen molar-refractivity contribution in [2.75, 3.05) is 0 Å². The van der Waals surface area contributed by atoms with Gasteiger partial charge in [-0.05, 0) is 59.0 Å². The van der Waals surface area contributed by atoms with E-state index in [0.717, 1.165) is 30.4 Å². The number of phenolic OH excluding ortho intramolecular Hbond substituents is 1. The molecule has 0 amide bonds. The standard InChI is InChI=1S/C14H17BrO3/c1-9-7-12(16)11(15)8-10(9)14(13(17)18)5-3-2-4-6-14/h7-8,16H,2-6H2,1H3,(H,17,18). The number of hydrogen-bond donors (Lipinski definition) is 2. The van der Waals surface area contributed by atoms with E-state index in [1.807, 2.05) is 6.92 Å². The first-order valence-electron chi connectivity index (χ1n) is 6.20. The van der Waals surface area contributed by atoms with Gasteiger partial charge in [0.15, 0.2) is 0 Å². The average molecular weight is 313 g/mol. The highest BCUT2D eigenvalue weighted by atomic mass is 79.9. The van der Waals surface area contributed by atoms with Crippen LogP contribution in [0.3, 0.4) is 0 Å². The predicted octanol–water partition coefficient (Wildman–Crippen LogP) is 3.75. The maximum Gasteiger partial charge on any atom is 0.314 e. The second kappa shape index (κ2) is 4.92. The minimum atomic E-state index is -0.779. The summed E-state index contributed by atoms with van der Waals surface area (Å²) in [5, 5.41) is 19.3. The van der Waals surface area contributed by atoms with Gasteiger partial charge >= 0.3 is 5.97 Å². The van der Waals surface area contributed by atoms with Gasteiger partial charge in [0.05, 0.1) is 9.89 Å². The van der Waals surface area contributed by atoms with E-state index in [1.165, 1.54) is 0 Å². The van der Waals surface area contributed by atoms with E-state index >= 15 is 0 Å². The van der Waals surface area contributed by atoms with Gasteiger partial charge in [-0.3, -0.25) is 4.79 Å². The molecule has 1 saturated carbocycles. The molecule has 1 fully saturated rings. The molecule has 0 unspecified atom stereocenters. The fourth-order valence-corrected chi connectivity index (χ4v) is 3.28. The average Bonchev–Trinajstić information content (AvgIpc) is 2.34. The van der Waals surface area contributed by atoms with Crippen LogP contribution in [0.15, 0.2) is 16.6 Å². The molecule has 0 aliphatic heterocycles. The number of carboxylic acid groups (broad SMARTS) is 1. The summed E-state index contributed by atoms with van der Waals surface area (Å²) < 4.78 is 0.564. The fraction of sp³-hybridized carbons (Fsp3) is 0.500. The zero-order chi connectivity index (χ0) is 13.3. The molecule has 2 N–H and O–H groups in total. The van der Waals surface area contributed by atoms with Gasteiger partial charge in [0, 0.05) is 0 Å². The Hall–Kier alpha value is -1.03. The van der Waals surface area contributed by atoms with Crippen LogP contribution in [0.4, 0.5) is 0 Å². The summed E-state index contributed by atoms with van der Waals surface area (Å²) in [7, 11) is 0. The number of rotatable bonds is 2. The van der Waals surface area contributed by atoms with Gasteiger partial charge in [0.2, 0.25) is 0 Å². The van der Waals surface area contributed by atoms with Gasteiger partial charge in [0.25, 0.3) is 0 Å². The Morgan fingerprint density at radius 2 is 1.89 bits per heavy atom. The van der Waals surface area contributed by atoms with Crippen molar-refractivity contribution in [3.05, 3.63) is 27.7 Å². The Morgan fingerprint density at radius 1 is 1.28 bits per heavy atom. The maximum absolute atomic E-state index is 11.7. The lowest BCUT2D eigenvalue weighted by Crippen LogP contribution is -2.38. The van der Waals surface area contributed by atoms with Crippen molar-refractivity contribution in [3.63, 3.8) is 0 Å². The van der Waals surface area contributed by atoms with Crippen molar-refractivity contribution in [3.8, 4) is 5.75 Å². The molecule has 1 aliphatic rings. The summed E-state index contributed by atoms with van der Waals surface area (Å²) in [5.74, 6) is -0.588. The summed E-state index contributed by atoms with van der Waals surface area (Å²) in [6.07, 6.45) is 4.36. The quantitative estimate of drug-likeness (QED) is 0.874. The molecule has 0 spiro atoms. The van der Waals surface area contributed by atoms with E-state index in [2.05, 4.69) is 15.9 Å². The lowest BCUT2D eigenvalue weighted by Gasteiger charge is -2.35. The third kappa shape index (κ3) is 2.14. The van der Waals surface area contributed by atoms with Crippen LogP contribution in [0, 0.1) is 6.92 Å². The van der Waals surface area contributed by atoms with Crippen LogP contribution in [0.25, 0.3) is 0 Å². The summed E-state index contributed by atoms with van der Waals surface area (Å²) in [5.41, 5.74) is 0.901. The highest BCUT2D eigenvalue weighted by Gasteiger charge is 2.42. The van der Waals surface area contributed by atoms with E-state index in [9.17, 15) is 15.0 Å². The Morgan fingerprint density at radius 3 is 2.44 bits per heavy atom. The molecule has 3 nitrogen and oxygen atoms in total. The van der Waals surface area contributed by atoms with Gasteiger partial charge < -0.3 is 10.2 Å². The van der Waals surface area contributed by atoms with Crippen LogP contribution in [-0.2, 0) is 10.2 Å². The highest BCUT2D eigenvalue weighted by Crippen LogP contribution is 2.43. The zero-order valence-corrected chi connectivity index (χ0v) is 12.0. The Labute approximate surface area is 115 Å². The first-order chi connectivity index (χ1) is 8.47. The molecule has 1 aromatic rings. The summed E-state index contributed by atoms with van der Waals surface area (Å²) in [6, 6.07) is 3.41. The van der Waals surface area contributed by atoms with Gasteiger partial charge in [-0.1, -0.05) is 19.3 Å². The topological polar surface area (TPSA) is 57.5 Å². The lowest BCUT2D eigenvalue weighted by atomic mass is 9.68. The van der Waals surface area contributed by atoms with Crippen molar-refractivity contribution < 1.29 is 15.0 Å². The van der Waals surface area contributed by atoms with Crippen molar-refractivity contribution in [1.29, 1.82) is 0 Å². The summed E-state index contributed by atoms with van der Waals surface area (Å²) in [6.45, 7) is 1.86. The Kier molecular flexibility index (Phi) is 3.66. The monoisotopic (exact) mass is 312 g/mol. The molecule has 0 atom stereocenters. The lowest BCUT2D eigenvalue weighted by molar-refractivity contribution is -0.145. The van der Waals surface area contributed by atoms with E-state index in [4.69, 9.17) is 0 Å². The smallest absolute Gasteiger partial charge is 0.314 e. The van der Waals surface area contributed by atoms with Crippen molar-refractivity contribution in [1.82, 2.24) is 0 Å². The third-order valence-corrected chi connectivity index (χ3v) is 4.56. The first kappa shape index (κ1) is 13.4. The molecular weight excluding hydrogens is 296 g/mol. The van der Waals surface area contributed by atoms with E-state index < -0.39 is 11.4 Å². The minimum absolute atomic E-state index is 0.160. The molecule has 18 heavy (non-hydrogen) atoms. The molecule has 1 aliphatic carbocycles. The molecule has 0 saturated heterocycles. The number of aryl methyl sites for hydroxylation is 1. The maximum atomic E-state index is 11.7. The molecule has 0 aromatic heterocycles. The third-order valence-electron chi connectivity index (χ3n) is 3.93. The van der Waals surface area contributed by atoms with Crippen LogP contribution in [0.5, 0.6) is 5.75 Å². The first-order valence-corrected chi connectivity index (χ1v) is 7.00. The minimum Gasteiger partial charge on any atom is -0.507 e. The number of phenols is 1. The molecule has 0 heterocycles. The molecule has 0 radical (unpaired) electrons. The Bertz CT molecular complexity index is 476. The molecular formula is C14H17BrO3. The summed E-state index contributed by atoms with van der Waals surface area (Å²) >= 11 is 3.28. The van der Waals surface area contributed by atoms with Gasteiger partial charge in [-0.15, -0.1) is 0 Å². The van der Waals surface area contributed by atoms with Crippen LogP contribution < -0.4 is 0 Å². The van der Waals surface area contributed by atoms with Crippen molar-refractivity contribution >= 4 is 21.9 Å². The number of aromatic hydroxyl groups is 1. The number of carboxylic acids is 1. The second-order valence-corrected chi connectivity index (χ2v) is 5.92. The van der Waals surface area contributed by atoms with Crippen LogP contribution in [0.1, 0.15) is 43.2 Å². The zero-order valence-electron chi connectivity index (χ0n) is 10.4. The van der Waals surface area contributed by atoms with Crippen molar-refractivity contribution in [2.45, 2.75) is 44.4 Å². The van der Waals surface area contributed by atoms with Crippen LogP contribution in [-0.4, -0.2) is 16.2 Å². The van der Waals surface area contributed by atoms with Gasteiger partial charge in [0.1, 0.15) is 5.75 Å². The normalized spacial score (nSPS) is 18.6. The fourth-order valence-electron chi connectivity index (χ4n) is 2.94. The molecule has 4 heteroatoms. The van der Waals surface area contributed by atoms with E-state index in [-0.39, 0.29) is 5.75 Å². The SMILES string of the molecule is Cc1cc(O)c(Br)cc1C1(C(=O)O)CCCCC1. The molecule has 98 valence electrons. The number of carbonyl (C=O) groups is 1. The highest BCUT2D eigenvalue weighted by molar-refractivity contribution is 9.10. The molecule has 0 bridgehead atoms. The number of benzene rings is 1. The predicted molar refractivity (Wildman–Crippen MR) is 72.9 cm³/mol. The van der Waals surface area contributed by atoms with Gasteiger partial charge in [-0.25, -0.2) is 0 Å². The summed E-state index contributed by atoms with van der Waals surface area (Å²) in [4.78, 5) is 11.7. The second-order valence-electron chi connectivity index (χ2n) is 5.07. The largest absolute Gasteiger partial charge is 0.507 e. The number of halogens is 1. The van der Waals surface area contributed by atoms with Gasteiger partial charge in [-0.2, -0.15) is 0 Å². The number of hydrogen-bond acceptors (Lipinski definition) is 2. The molecule has 2 rings (SSSR count). The van der Waals surface area contributed by atoms with E-state index in [0.29, 0.717) is 17.3 Å². The van der Waals surface area contributed by atoms with E-state index in [1.54, 1.807) is 12.1 Å². The van der Waals surface area contributed by atoms with Crippen molar-refractivity contribution in [2.24, 2.45) is 0 Å². The Balaban J connectivity index is 2.55.